The predicted molar refractivity (Wildman–Crippen MR) is 74.3 cm³/mol. The summed E-state index contributed by atoms with van der Waals surface area (Å²) in [5.41, 5.74) is 0. The molecule has 122 valence electrons. The summed E-state index contributed by atoms with van der Waals surface area (Å²) in [6, 6.07) is -0.299. The van der Waals surface area contributed by atoms with Crippen LogP contribution in [0.1, 0.15) is 20.3 Å². The minimum Gasteiger partial charge on any atom is -0.469 e. The molecule has 1 fully saturated rings. The number of carbonyl (C=O) groups excluding carboxylic acids is 3. The van der Waals surface area contributed by atoms with Gasteiger partial charge < -0.3 is 14.2 Å². The molecule has 0 aromatic carbocycles. The molecule has 0 radical (unpaired) electrons. The maximum Gasteiger partial charge on any atom is 0.433 e. The molecular formula is C14H20N2O6. The monoisotopic (exact) mass is 312 g/mol. The lowest BCUT2D eigenvalue weighted by molar-refractivity contribution is -0.141. The highest BCUT2D eigenvalue weighted by Gasteiger charge is 2.59. The second-order valence-electron chi connectivity index (χ2n) is 4.94. The molecule has 0 N–H and O–H groups in total. The molecule has 0 unspecified atom stereocenters. The van der Waals surface area contributed by atoms with E-state index < -0.39 is 12.2 Å². The predicted octanol–water partition coefficient (Wildman–Crippen LogP) is 1.52. The first-order valence-corrected chi connectivity index (χ1v) is 7.22. The van der Waals surface area contributed by atoms with Gasteiger partial charge in [0.15, 0.2) is 0 Å². The van der Waals surface area contributed by atoms with Crippen molar-refractivity contribution in [1.82, 2.24) is 10.0 Å². The first kappa shape index (κ1) is 16.1. The number of rotatable bonds is 4. The second-order valence-corrected chi connectivity index (χ2v) is 4.94. The van der Waals surface area contributed by atoms with Crippen molar-refractivity contribution in [2.75, 3.05) is 20.3 Å². The van der Waals surface area contributed by atoms with Gasteiger partial charge in [-0.05, 0) is 13.8 Å². The quantitative estimate of drug-likeness (QED) is 0.578. The number of carbonyl (C=O) groups is 3. The van der Waals surface area contributed by atoms with Gasteiger partial charge in [0.05, 0.1) is 32.8 Å². The Bertz CT molecular complexity index is 492. The Kier molecular flexibility index (Phi) is 4.89. The van der Waals surface area contributed by atoms with Gasteiger partial charge in [0.2, 0.25) is 0 Å². The van der Waals surface area contributed by atoms with Gasteiger partial charge in [0.1, 0.15) is 0 Å². The molecule has 0 bridgehead atoms. The standard InChI is InChI=1S/C14H20N2O6/c1-4-21-13(18)15-7-6-9-10(8-11(17)20-3)12(9)16(15)14(19)22-5-2/h6-7,9-10,12H,4-5,8H2,1-3H3/t9-,10-,12-/m1/s1. The Hall–Kier alpha value is -2.25. The smallest absolute Gasteiger partial charge is 0.433 e. The van der Waals surface area contributed by atoms with E-state index in [0.29, 0.717) is 0 Å². The molecule has 1 saturated carbocycles. The molecule has 0 spiro atoms. The number of hydrogen-bond acceptors (Lipinski definition) is 6. The number of hydrogen-bond donors (Lipinski definition) is 0. The van der Waals surface area contributed by atoms with E-state index in [1.807, 2.05) is 0 Å². The average Bonchev–Trinajstić information content (AvgIpc) is 3.19. The van der Waals surface area contributed by atoms with Crippen LogP contribution in [0.4, 0.5) is 9.59 Å². The van der Waals surface area contributed by atoms with Gasteiger partial charge in [0.25, 0.3) is 0 Å². The topological polar surface area (TPSA) is 85.4 Å². The molecule has 1 aliphatic heterocycles. The second kappa shape index (κ2) is 6.67. The van der Waals surface area contributed by atoms with E-state index in [1.54, 1.807) is 19.9 Å². The molecule has 0 saturated heterocycles. The molecule has 2 aliphatic rings. The SMILES string of the molecule is CCOC(=O)N1C=C[C@@H]2[C@@H](CC(=O)OC)[C@@H]2N1C(=O)OCC. The molecule has 3 atom stereocenters. The van der Waals surface area contributed by atoms with Crippen molar-refractivity contribution in [2.24, 2.45) is 11.8 Å². The van der Waals surface area contributed by atoms with E-state index in [4.69, 9.17) is 9.47 Å². The Morgan fingerprint density at radius 1 is 1.09 bits per heavy atom. The van der Waals surface area contributed by atoms with Crippen molar-refractivity contribution >= 4 is 18.2 Å². The molecule has 8 heteroatoms. The van der Waals surface area contributed by atoms with Crippen LogP contribution in [-0.4, -0.2) is 54.5 Å². The summed E-state index contributed by atoms with van der Waals surface area (Å²) in [6.45, 7) is 3.75. The fourth-order valence-corrected chi connectivity index (χ4v) is 2.65. The zero-order valence-corrected chi connectivity index (χ0v) is 12.9. The van der Waals surface area contributed by atoms with Crippen LogP contribution in [0.2, 0.25) is 0 Å². The normalized spacial score (nSPS) is 25.3. The van der Waals surface area contributed by atoms with Crippen LogP contribution in [0, 0.1) is 11.8 Å². The van der Waals surface area contributed by atoms with Crippen molar-refractivity contribution < 1.29 is 28.6 Å². The summed E-state index contributed by atoms with van der Waals surface area (Å²) in [4.78, 5) is 35.6. The molecule has 1 aliphatic carbocycles. The van der Waals surface area contributed by atoms with Crippen LogP contribution < -0.4 is 0 Å². The van der Waals surface area contributed by atoms with Gasteiger partial charge in [-0.1, -0.05) is 6.08 Å². The summed E-state index contributed by atoms with van der Waals surface area (Å²) in [6.07, 6.45) is 2.16. The molecule has 1 heterocycles. The first-order valence-electron chi connectivity index (χ1n) is 7.22. The van der Waals surface area contributed by atoms with Gasteiger partial charge in [-0.15, -0.1) is 0 Å². The molecule has 0 aromatic heterocycles. The minimum atomic E-state index is -0.658. The highest BCUT2D eigenvalue weighted by Crippen LogP contribution is 2.50. The van der Waals surface area contributed by atoms with Crippen LogP contribution in [-0.2, 0) is 19.0 Å². The van der Waals surface area contributed by atoms with E-state index in [-0.39, 0.29) is 43.5 Å². The van der Waals surface area contributed by atoms with Gasteiger partial charge in [0, 0.05) is 18.0 Å². The van der Waals surface area contributed by atoms with E-state index in [0.717, 1.165) is 5.01 Å². The van der Waals surface area contributed by atoms with Crippen LogP contribution >= 0.6 is 0 Å². The lowest BCUT2D eigenvalue weighted by atomic mass is 10.2. The van der Waals surface area contributed by atoms with Crippen LogP contribution in [0.3, 0.4) is 0 Å². The maximum absolute atomic E-state index is 12.2. The molecule has 22 heavy (non-hydrogen) atoms. The number of fused-ring (bicyclic) bond motifs is 1. The Balaban J connectivity index is 2.16. The summed E-state index contributed by atoms with van der Waals surface area (Å²) >= 11 is 0. The molecule has 0 aromatic rings. The minimum absolute atomic E-state index is 0.00850. The third kappa shape index (κ3) is 3.00. The van der Waals surface area contributed by atoms with Gasteiger partial charge in [-0.3, -0.25) is 4.79 Å². The Morgan fingerprint density at radius 2 is 1.73 bits per heavy atom. The zero-order chi connectivity index (χ0) is 16.3. The summed E-state index contributed by atoms with van der Waals surface area (Å²) in [5, 5.41) is 2.32. The zero-order valence-electron chi connectivity index (χ0n) is 12.9. The van der Waals surface area contributed by atoms with Crippen LogP contribution in [0.25, 0.3) is 0 Å². The molecule has 2 rings (SSSR count). The van der Waals surface area contributed by atoms with Gasteiger partial charge >= 0.3 is 18.2 Å². The Morgan fingerprint density at radius 3 is 2.32 bits per heavy atom. The van der Waals surface area contributed by atoms with Crippen LogP contribution in [0.15, 0.2) is 12.3 Å². The van der Waals surface area contributed by atoms with Crippen molar-refractivity contribution in [3.63, 3.8) is 0 Å². The number of nitrogens with zero attached hydrogens (tertiary/aromatic N) is 2. The van der Waals surface area contributed by atoms with Crippen molar-refractivity contribution in [3.05, 3.63) is 12.3 Å². The summed E-state index contributed by atoms with van der Waals surface area (Å²) < 4.78 is 14.6. The number of ether oxygens (including phenoxy) is 3. The van der Waals surface area contributed by atoms with E-state index >= 15 is 0 Å². The molecule has 8 nitrogen and oxygen atoms in total. The molecular weight excluding hydrogens is 292 g/mol. The summed E-state index contributed by atoms with van der Waals surface area (Å²) in [7, 11) is 1.32. The first-order chi connectivity index (χ1) is 10.5. The number of hydrazine groups is 1. The molecule has 2 amide bonds. The highest BCUT2D eigenvalue weighted by atomic mass is 16.6. The number of methoxy groups -OCH3 is 1. The Labute approximate surface area is 128 Å². The fourth-order valence-electron chi connectivity index (χ4n) is 2.65. The largest absolute Gasteiger partial charge is 0.469 e. The number of amides is 2. The average molecular weight is 312 g/mol. The maximum atomic E-state index is 12.2. The lowest BCUT2D eigenvalue weighted by Crippen LogP contribution is -2.50. The van der Waals surface area contributed by atoms with E-state index in [1.165, 1.54) is 18.3 Å². The third-order valence-corrected chi connectivity index (χ3v) is 3.69. The van der Waals surface area contributed by atoms with E-state index in [9.17, 15) is 14.4 Å². The fraction of sp³-hybridized carbons (Fsp3) is 0.643. The van der Waals surface area contributed by atoms with Crippen molar-refractivity contribution in [2.45, 2.75) is 26.3 Å². The highest BCUT2D eigenvalue weighted by molar-refractivity contribution is 5.77. The number of esters is 1. The van der Waals surface area contributed by atoms with Crippen molar-refractivity contribution in [1.29, 1.82) is 0 Å². The van der Waals surface area contributed by atoms with Gasteiger partial charge in [-0.25, -0.2) is 14.6 Å². The van der Waals surface area contributed by atoms with Gasteiger partial charge in [-0.2, -0.15) is 5.01 Å². The van der Waals surface area contributed by atoms with E-state index in [2.05, 4.69) is 4.74 Å². The van der Waals surface area contributed by atoms with Crippen molar-refractivity contribution in [3.8, 4) is 0 Å². The summed E-state index contributed by atoms with van der Waals surface area (Å²) in [5.74, 6) is -0.430. The lowest BCUT2D eigenvalue weighted by Gasteiger charge is -2.33. The van der Waals surface area contributed by atoms with Crippen LogP contribution in [0.5, 0.6) is 0 Å². The third-order valence-electron chi connectivity index (χ3n) is 3.69.